The van der Waals surface area contributed by atoms with E-state index in [-0.39, 0.29) is 17.6 Å². The standard InChI is InChI=1S/C26H21F5O/c1-3-5-7-16-8-10-17(11-9-16)22(27)24(29)19-13-12-18-15-20(32-14-6-4-2)25(30)26(31)21(18)23(19)28/h3-4,6,8-13,15H,1,5,7,14H2,2H3. The number of halogens is 5. The van der Waals surface area contributed by atoms with E-state index in [2.05, 4.69) is 6.58 Å². The smallest absolute Gasteiger partial charge is 0.201 e. The molecular weight excluding hydrogens is 423 g/mol. The molecule has 3 aromatic rings. The zero-order valence-corrected chi connectivity index (χ0v) is 17.4. The fourth-order valence-corrected chi connectivity index (χ4v) is 3.20. The molecule has 0 unspecified atom stereocenters. The zero-order chi connectivity index (χ0) is 23.3. The molecule has 0 aliphatic rings. The first-order valence-corrected chi connectivity index (χ1v) is 9.99. The van der Waals surface area contributed by atoms with E-state index in [0.29, 0.717) is 6.42 Å². The van der Waals surface area contributed by atoms with E-state index in [0.717, 1.165) is 24.1 Å². The van der Waals surface area contributed by atoms with Crippen molar-refractivity contribution in [2.24, 2.45) is 0 Å². The van der Waals surface area contributed by atoms with Gasteiger partial charge in [0.25, 0.3) is 0 Å². The lowest BCUT2D eigenvalue weighted by Crippen LogP contribution is -2.01. The summed E-state index contributed by atoms with van der Waals surface area (Å²) in [5, 5.41) is -0.818. The summed E-state index contributed by atoms with van der Waals surface area (Å²) in [5.74, 6) is -7.54. The Balaban J connectivity index is 2.02. The van der Waals surface area contributed by atoms with Crippen molar-refractivity contribution in [2.75, 3.05) is 6.61 Å². The molecule has 0 N–H and O–H groups in total. The lowest BCUT2D eigenvalue weighted by atomic mass is 10.0. The number of rotatable bonds is 8. The summed E-state index contributed by atoms with van der Waals surface area (Å²) in [7, 11) is 0. The Morgan fingerprint density at radius 3 is 2.31 bits per heavy atom. The van der Waals surface area contributed by atoms with Gasteiger partial charge in [0.15, 0.2) is 23.2 Å². The molecule has 3 rings (SSSR count). The first-order chi connectivity index (χ1) is 15.4. The summed E-state index contributed by atoms with van der Waals surface area (Å²) in [6, 6.07) is 9.30. The Morgan fingerprint density at radius 1 is 0.938 bits per heavy atom. The summed E-state index contributed by atoms with van der Waals surface area (Å²) in [6.45, 7) is 5.35. The van der Waals surface area contributed by atoms with Crippen LogP contribution < -0.4 is 4.74 Å². The third kappa shape index (κ3) is 4.74. The minimum Gasteiger partial charge on any atom is -0.486 e. The van der Waals surface area contributed by atoms with Crippen LogP contribution in [0.15, 0.2) is 67.3 Å². The first kappa shape index (κ1) is 23.3. The van der Waals surface area contributed by atoms with Crippen LogP contribution in [0.25, 0.3) is 22.4 Å². The normalized spacial score (nSPS) is 12.3. The van der Waals surface area contributed by atoms with E-state index in [4.69, 9.17) is 4.74 Å². The quantitative estimate of drug-likeness (QED) is 0.194. The summed E-state index contributed by atoms with van der Waals surface area (Å²) >= 11 is 0. The Morgan fingerprint density at radius 2 is 1.66 bits per heavy atom. The van der Waals surface area contributed by atoms with Crippen molar-refractivity contribution in [3.8, 4) is 5.75 Å². The van der Waals surface area contributed by atoms with Gasteiger partial charge in [0.2, 0.25) is 5.82 Å². The molecule has 166 valence electrons. The van der Waals surface area contributed by atoms with Gasteiger partial charge in [-0.15, -0.1) is 6.58 Å². The topological polar surface area (TPSA) is 9.23 Å². The van der Waals surface area contributed by atoms with Crippen LogP contribution in [0, 0.1) is 17.5 Å². The average Bonchev–Trinajstić information content (AvgIpc) is 2.80. The maximum absolute atomic E-state index is 15.0. The van der Waals surface area contributed by atoms with Crippen molar-refractivity contribution >= 4 is 22.4 Å². The SMILES string of the molecule is C=CCCc1ccc(C(F)=C(F)c2ccc3cc(OCC=CC)c(F)c(F)c3c2F)cc1. The van der Waals surface area contributed by atoms with Gasteiger partial charge >= 0.3 is 0 Å². The maximum Gasteiger partial charge on any atom is 0.201 e. The van der Waals surface area contributed by atoms with Gasteiger partial charge in [-0.3, -0.25) is 0 Å². The van der Waals surface area contributed by atoms with Crippen molar-refractivity contribution < 1.29 is 26.7 Å². The average molecular weight is 444 g/mol. The number of ether oxygens (including phenoxy) is 1. The van der Waals surface area contributed by atoms with Crippen LogP contribution >= 0.6 is 0 Å². The third-order valence-corrected chi connectivity index (χ3v) is 4.93. The minimum absolute atomic E-state index is 0.00606. The molecule has 0 saturated carbocycles. The zero-order valence-electron chi connectivity index (χ0n) is 17.4. The summed E-state index contributed by atoms with van der Waals surface area (Å²) in [4.78, 5) is 0. The Bertz CT molecular complexity index is 1190. The molecule has 0 fully saturated rings. The number of aryl methyl sites for hydroxylation is 1. The van der Waals surface area contributed by atoms with E-state index in [9.17, 15) is 22.0 Å². The van der Waals surface area contributed by atoms with E-state index >= 15 is 0 Å². The van der Waals surface area contributed by atoms with E-state index < -0.39 is 45.8 Å². The molecule has 0 aliphatic heterocycles. The van der Waals surface area contributed by atoms with E-state index in [1.165, 1.54) is 18.2 Å². The molecule has 0 bridgehead atoms. The number of fused-ring (bicyclic) bond motifs is 1. The fourth-order valence-electron chi connectivity index (χ4n) is 3.20. The lowest BCUT2D eigenvalue weighted by molar-refractivity contribution is 0.333. The second-order valence-electron chi connectivity index (χ2n) is 7.06. The van der Waals surface area contributed by atoms with Crippen LogP contribution in [0.5, 0.6) is 5.75 Å². The highest BCUT2D eigenvalue weighted by atomic mass is 19.2. The number of hydrogen-bond acceptors (Lipinski definition) is 1. The summed E-state index contributed by atoms with van der Waals surface area (Å²) in [6.07, 6.45) is 6.43. The van der Waals surface area contributed by atoms with Crippen molar-refractivity contribution in [1.29, 1.82) is 0 Å². The lowest BCUT2D eigenvalue weighted by Gasteiger charge is -2.11. The van der Waals surface area contributed by atoms with Gasteiger partial charge in [0, 0.05) is 11.1 Å². The van der Waals surface area contributed by atoms with Crippen molar-refractivity contribution in [3.63, 3.8) is 0 Å². The van der Waals surface area contributed by atoms with Gasteiger partial charge in [0.05, 0.1) is 5.39 Å². The van der Waals surface area contributed by atoms with Crippen LogP contribution in [0.1, 0.15) is 30.0 Å². The third-order valence-electron chi connectivity index (χ3n) is 4.93. The number of hydrogen-bond donors (Lipinski definition) is 0. The summed E-state index contributed by atoms with van der Waals surface area (Å²) in [5.41, 5.74) is 0.0130. The van der Waals surface area contributed by atoms with Crippen molar-refractivity contribution in [1.82, 2.24) is 0 Å². The molecule has 0 aromatic heterocycles. The van der Waals surface area contributed by atoms with E-state index in [1.54, 1.807) is 37.3 Å². The van der Waals surface area contributed by atoms with Crippen LogP contribution in [0.3, 0.4) is 0 Å². The van der Waals surface area contributed by atoms with Crippen LogP contribution in [0.4, 0.5) is 22.0 Å². The highest BCUT2D eigenvalue weighted by molar-refractivity contribution is 5.91. The van der Waals surface area contributed by atoms with Gasteiger partial charge in [-0.2, -0.15) is 4.39 Å². The minimum atomic E-state index is -1.53. The molecule has 6 heteroatoms. The monoisotopic (exact) mass is 444 g/mol. The van der Waals surface area contributed by atoms with E-state index in [1.807, 2.05) is 0 Å². The molecule has 32 heavy (non-hydrogen) atoms. The fraction of sp³-hybridized carbons (Fsp3) is 0.154. The molecule has 3 aromatic carbocycles. The largest absolute Gasteiger partial charge is 0.486 e. The van der Waals surface area contributed by atoms with Crippen molar-refractivity contribution in [3.05, 3.63) is 101 Å². The second-order valence-corrected chi connectivity index (χ2v) is 7.06. The van der Waals surface area contributed by atoms with Crippen LogP contribution in [-0.4, -0.2) is 6.61 Å². The second kappa shape index (κ2) is 10.3. The highest BCUT2D eigenvalue weighted by Gasteiger charge is 2.23. The van der Waals surface area contributed by atoms with Gasteiger partial charge < -0.3 is 4.74 Å². The van der Waals surface area contributed by atoms with Gasteiger partial charge in [0.1, 0.15) is 12.4 Å². The molecule has 0 saturated heterocycles. The Labute approximate surface area is 183 Å². The molecular formula is C26H21F5O. The van der Waals surface area contributed by atoms with Crippen molar-refractivity contribution in [2.45, 2.75) is 19.8 Å². The molecule has 0 spiro atoms. The summed E-state index contributed by atoms with van der Waals surface area (Å²) < 4.78 is 78.6. The molecule has 0 radical (unpaired) electrons. The highest BCUT2D eigenvalue weighted by Crippen LogP contribution is 2.36. The maximum atomic E-state index is 15.0. The molecule has 0 heterocycles. The van der Waals surface area contributed by atoms with Crippen LogP contribution in [0.2, 0.25) is 0 Å². The molecule has 0 amide bonds. The Kier molecular flexibility index (Phi) is 7.46. The van der Waals surface area contributed by atoms with Crippen LogP contribution in [-0.2, 0) is 6.42 Å². The molecule has 1 nitrogen and oxygen atoms in total. The first-order valence-electron chi connectivity index (χ1n) is 9.99. The van der Waals surface area contributed by atoms with Gasteiger partial charge in [-0.05, 0) is 42.8 Å². The molecule has 0 aliphatic carbocycles. The predicted molar refractivity (Wildman–Crippen MR) is 118 cm³/mol. The Hall–Kier alpha value is -3.41. The van der Waals surface area contributed by atoms with Gasteiger partial charge in [-0.25, -0.2) is 17.6 Å². The molecule has 0 atom stereocenters. The predicted octanol–water partition coefficient (Wildman–Crippen LogP) is 8.10. The number of allylic oxidation sites excluding steroid dienone is 2. The van der Waals surface area contributed by atoms with Gasteiger partial charge in [-0.1, -0.05) is 48.6 Å². The number of benzene rings is 3.